The maximum Gasteiger partial charge on any atom is 0.101 e. The predicted octanol–water partition coefficient (Wildman–Crippen LogP) is 3.14. The zero-order valence-electron chi connectivity index (χ0n) is 8.01. The Bertz CT molecular complexity index is 276. The second-order valence-corrected chi connectivity index (χ2v) is 5.77. The van der Waals surface area contributed by atoms with Crippen molar-refractivity contribution in [3.8, 4) is 0 Å². The van der Waals surface area contributed by atoms with Crippen molar-refractivity contribution in [3.63, 3.8) is 0 Å². The van der Waals surface area contributed by atoms with Gasteiger partial charge in [0.15, 0.2) is 0 Å². The van der Waals surface area contributed by atoms with Crippen LogP contribution in [0.15, 0.2) is 34.1 Å². The van der Waals surface area contributed by atoms with Crippen LogP contribution in [0.4, 0.5) is 0 Å². The summed E-state index contributed by atoms with van der Waals surface area (Å²) in [6.45, 7) is 1.78. The molecule has 0 aliphatic carbocycles. The molecule has 1 aromatic rings. The summed E-state index contributed by atoms with van der Waals surface area (Å²) >= 11 is 7.43. The minimum atomic E-state index is -0.347. The van der Waals surface area contributed by atoms with Gasteiger partial charge in [-0.15, -0.1) is 11.8 Å². The molecule has 1 unspecified atom stereocenters. The van der Waals surface area contributed by atoms with Gasteiger partial charge in [-0.25, -0.2) is 0 Å². The van der Waals surface area contributed by atoms with Gasteiger partial charge in [-0.05, 0) is 30.9 Å². The summed E-state index contributed by atoms with van der Waals surface area (Å²) in [6.07, 6.45) is 0. The molecule has 1 N–H and O–H groups in total. The van der Waals surface area contributed by atoms with Crippen LogP contribution in [0.2, 0.25) is 0 Å². The van der Waals surface area contributed by atoms with Gasteiger partial charge >= 0.3 is 0 Å². The van der Waals surface area contributed by atoms with Crippen molar-refractivity contribution >= 4 is 36.2 Å². The molecule has 0 saturated carbocycles. The van der Waals surface area contributed by atoms with Crippen LogP contribution in [-0.4, -0.2) is 22.0 Å². The van der Waals surface area contributed by atoms with Crippen molar-refractivity contribution in [1.82, 2.24) is 0 Å². The highest BCUT2D eigenvalue weighted by Gasteiger charge is 2.00. The van der Waals surface area contributed by atoms with Gasteiger partial charge in [-0.3, -0.25) is 0 Å². The lowest BCUT2D eigenvalue weighted by Crippen LogP contribution is -1.90. The molecule has 0 aromatic heterocycles. The molecule has 0 saturated heterocycles. The van der Waals surface area contributed by atoms with E-state index in [2.05, 4.69) is 24.8 Å². The topological polar surface area (TPSA) is 20.2 Å². The number of thioether (sulfide) groups is 2. The Hall–Kier alpha value is 0.230. The van der Waals surface area contributed by atoms with E-state index in [9.17, 15) is 5.11 Å². The first-order valence-corrected chi connectivity index (χ1v) is 6.90. The molecule has 0 bridgehead atoms. The number of hydrogen-bond acceptors (Lipinski definition) is 4. The quantitative estimate of drug-likeness (QED) is 0.473. The lowest BCUT2D eigenvalue weighted by atomic mass is 10.4. The number of aliphatic hydroxyl groups is 1. The molecule has 0 amide bonds. The van der Waals surface area contributed by atoms with Crippen LogP contribution < -0.4 is 0 Å². The molecule has 0 heterocycles. The Balaban J connectivity index is 2.59. The van der Waals surface area contributed by atoms with E-state index in [-0.39, 0.29) is 5.44 Å². The SMILES string of the molecule is CC(O)Sc1cccc(SCCS)c1. The summed E-state index contributed by atoms with van der Waals surface area (Å²) in [5.74, 6) is 1.91. The van der Waals surface area contributed by atoms with E-state index in [1.54, 1.807) is 18.7 Å². The minimum absolute atomic E-state index is 0.347. The van der Waals surface area contributed by atoms with Crippen LogP contribution in [0.3, 0.4) is 0 Å². The van der Waals surface area contributed by atoms with Gasteiger partial charge in [0.2, 0.25) is 0 Å². The van der Waals surface area contributed by atoms with Crippen molar-refractivity contribution in [2.45, 2.75) is 22.2 Å². The first kappa shape index (κ1) is 12.3. The highest BCUT2D eigenvalue weighted by Crippen LogP contribution is 2.26. The standard InChI is InChI=1S/C10H14OS3/c1-8(11)14-10-4-2-3-9(7-10)13-6-5-12/h2-4,7-8,11-12H,5-6H2,1H3. The summed E-state index contributed by atoms with van der Waals surface area (Å²) in [4.78, 5) is 2.36. The molecular formula is C10H14OS3. The first-order valence-electron chi connectivity index (χ1n) is 4.41. The summed E-state index contributed by atoms with van der Waals surface area (Å²) in [7, 11) is 0. The Morgan fingerprint density at radius 2 is 2.14 bits per heavy atom. The van der Waals surface area contributed by atoms with E-state index in [0.717, 1.165) is 16.4 Å². The highest BCUT2D eigenvalue weighted by molar-refractivity contribution is 8.00. The Labute approximate surface area is 99.1 Å². The fourth-order valence-corrected chi connectivity index (χ4v) is 2.80. The minimum Gasteiger partial charge on any atom is -0.382 e. The van der Waals surface area contributed by atoms with E-state index in [4.69, 9.17) is 0 Å². The second-order valence-electron chi connectivity index (χ2n) is 2.76. The average Bonchev–Trinajstić information content (AvgIpc) is 2.14. The van der Waals surface area contributed by atoms with Crippen molar-refractivity contribution in [2.24, 2.45) is 0 Å². The van der Waals surface area contributed by atoms with Gasteiger partial charge < -0.3 is 5.11 Å². The molecule has 0 spiro atoms. The van der Waals surface area contributed by atoms with Crippen LogP contribution in [-0.2, 0) is 0 Å². The van der Waals surface area contributed by atoms with Crippen molar-refractivity contribution in [3.05, 3.63) is 24.3 Å². The van der Waals surface area contributed by atoms with Crippen molar-refractivity contribution in [2.75, 3.05) is 11.5 Å². The first-order chi connectivity index (χ1) is 6.72. The molecule has 14 heavy (non-hydrogen) atoms. The number of aliphatic hydroxyl groups excluding tert-OH is 1. The Kier molecular flexibility index (Phi) is 5.86. The fourth-order valence-electron chi connectivity index (χ4n) is 0.998. The lowest BCUT2D eigenvalue weighted by Gasteiger charge is -2.05. The summed E-state index contributed by atoms with van der Waals surface area (Å²) in [5.41, 5.74) is -0.347. The van der Waals surface area contributed by atoms with E-state index in [0.29, 0.717) is 0 Å². The van der Waals surface area contributed by atoms with Gasteiger partial charge in [0.1, 0.15) is 5.44 Å². The maximum absolute atomic E-state index is 9.22. The zero-order valence-corrected chi connectivity index (χ0v) is 10.5. The molecular weight excluding hydrogens is 232 g/mol. The smallest absolute Gasteiger partial charge is 0.101 e. The number of rotatable bonds is 5. The van der Waals surface area contributed by atoms with E-state index >= 15 is 0 Å². The van der Waals surface area contributed by atoms with Crippen molar-refractivity contribution < 1.29 is 5.11 Å². The molecule has 1 atom stereocenters. The molecule has 1 aromatic carbocycles. The number of thiol groups is 1. The molecule has 4 heteroatoms. The molecule has 1 rings (SSSR count). The van der Waals surface area contributed by atoms with Crippen LogP contribution in [0, 0.1) is 0 Å². The van der Waals surface area contributed by atoms with Crippen LogP contribution in [0.1, 0.15) is 6.92 Å². The van der Waals surface area contributed by atoms with Gasteiger partial charge in [-0.1, -0.05) is 17.8 Å². The molecule has 0 radical (unpaired) electrons. The maximum atomic E-state index is 9.22. The van der Waals surface area contributed by atoms with Crippen molar-refractivity contribution in [1.29, 1.82) is 0 Å². The molecule has 1 nitrogen and oxygen atoms in total. The van der Waals surface area contributed by atoms with E-state index in [1.807, 2.05) is 12.1 Å². The molecule has 78 valence electrons. The number of hydrogen-bond donors (Lipinski definition) is 2. The van der Waals surface area contributed by atoms with Gasteiger partial charge in [0, 0.05) is 15.5 Å². The predicted molar refractivity (Wildman–Crippen MR) is 68.6 cm³/mol. The lowest BCUT2D eigenvalue weighted by molar-refractivity contribution is 0.284. The zero-order chi connectivity index (χ0) is 10.4. The summed E-state index contributed by atoms with van der Waals surface area (Å²) < 4.78 is 0. The van der Waals surface area contributed by atoms with Crippen LogP contribution in [0.5, 0.6) is 0 Å². The summed E-state index contributed by atoms with van der Waals surface area (Å²) in [5, 5.41) is 9.22. The fraction of sp³-hybridized carbons (Fsp3) is 0.400. The largest absolute Gasteiger partial charge is 0.382 e. The highest BCUT2D eigenvalue weighted by atomic mass is 32.2. The van der Waals surface area contributed by atoms with Gasteiger partial charge in [0.05, 0.1) is 0 Å². The van der Waals surface area contributed by atoms with Crippen LogP contribution >= 0.6 is 36.2 Å². The molecule has 0 aliphatic rings. The average molecular weight is 246 g/mol. The van der Waals surface area contributed by atoms with Crippen LogP contribution in [0.25, 0.3) is 0 Å². The molecule has 0 aliphatic heterocycles. The van der Waals surface area contributed by atoms with E-state index < -0.39 is 0 Å². The van der Waals surface area contributed by atoms with E-state index in [1.165, 1.54) is 16.7 Å². The third-order valence-corrected chi connectivity index (χ3v) is 3.86. The third kappa shape index (κ3) is 4.64. The van der Waals surface area contributed by atoms with Gasteiger partial charge in [0.25, 0.3) is 0 Å². The number of benzene rings is 1. The van der Waals surface area contributed by atoms with Gasteiger partial charge in [-0.2, -0.15) is 12.6 Å². The normalized spacial score (nSPS) is 12.8. The Morgan fingerprint density at radius 3 is 2.79 bits per heavy atom. The Morgan fingerprint density at radius 1 is 1.43 bits per heavy atom. The molecule has 0 fully saturated rings. The third-order valence-electron chi connectivity index (χ3n) is 1.47. The monoisotopic (exact) mass is 246 g/mol. The summed E-state index contributed by atoms with van der Waals surface area (Å²) in [6, 6.07) is 8.22. The second kappa shape index (κ2) is 6.67.